The zero-order valence-corrected chi connectivity index (χ0v) is 16.7. The molecule has 3 rings (SSSR count). The van der Waals surface area contributed by atoms with Crippen LogP contribution in [0.15, 0.2) is 33.9 Å². The zero-order valence-electron chi connectivity index (χ0n) is 13.4. The Morgan fingerprint density at radius 3 is 2.80 bits per heavy atom. The van der Waals surface area contributed by atoms with Crippen LogP contribution in [-0.2, 0) is 16.6 Å². The van der Waals surface area contributed by atoms with E-state index in [-0.39, 0.29) is 34.6 Å². The Bertz CT molecular complexity index is 782. The van der Waals surface area contributed by atoms with Crippen LogP contribution in [0.1, 0.15) is 21.0 Å². The van der Waals surface area contributed by atoms with Gasteiger partial charge in [0.05, 0.1) is 0 Å². The zero-order chi connectivity index (χ0) is 17.0. The number of sulfonamides is 1. The molecule has 1 aliphatic heterocycles. The second kappa shape index (κ2) is 9.11. The molecule has 0 saturated carbocycles. The van der Waals surface area contributed by atoms with Crippen molar-refractivity contribution >= 4 is 51.0 Å². The molecule has 2 aromatic heterocycles. The summed E-state index contributed by atoms with van der Waals surface area (Å²) in [4.78, 5) is 15.8. The van der Waals surface area contributed by atoms with Crippen molar-refractivity contribution in [2.75, 3.05) is 26.2 Å². The van der Waals surface area contributed by atoms with Crippen LogP contribution in [0.2, 0.25) is 0 Å². The van der Waals surface area contributed by atoms with Crippen LogP contribution in [0.5, 0.6) is 0 Å². The summed E-state index contributed by atoms with van der Waals surface area (Å²) in [7, 11) is -3.71. The van der Waals surface area contributed by atoms with E-state index < -0.39 is 10.0 Å². The molecular weight excluding hydrogens is 402 g/mol. The summed E-state index contributed by atoms with van der Waals surface area (Å²) in [6.45, 7) is 3.08. The van der Waals surface area contributed by atoms with Crippen LogP contribution < -0.4 is 10.0 Å². The van der Waals surface area contributed by atoms with Gasteiger partial charge in [-0.25, -0.2) is 13.1 Å². The number of thiophene rings is 2. The van der Waals surface area contributed by atoms with Crippen molar-refractivity contribution < 1.29 is 13.2 Å². The molecule has 0 spiro atoms. The average molecular weight is 422 g/mol. The lowest BCUT2D eigenvalue weighted by Gasteiger charge is -2.19. The van der Waals surface area contributed by atoms with Gasteiger partial charge in [-0.05, 0) is 35.9 Å². The number of carbonyl (C=O) groups is 1. The maximum Gasteiger partial charge on any atom is 0.265 e. The van der Waals surface area contributed by atoms with Gasteiger partial charge in [0.1, 0.15) is 9.77 Å². The molecule has 0 aliphatic carbocycles. The minimum absolute atomic E-state index is 0. The molecule has 25 heavy (non-hydrogen) atoms. The number of amides is 1. The number of rotatable bonds is 5. The molecule has 6 nitrogen and oxygen atoms in total. The summed E-state index contributed by atoms with van der Waals surface area (Å²) in [6, 6.07) is 5.25. The van der Waals surface area contributed by atoms with Gasteiger partial charge in [0.2, 0.25) is 10.0 Å². The lowest BCUT2D eigenvalue weighted by molar-refractivity contribution is 0.0767. The molecule has 1 fully saturated rings. The first-order chi connectivity index (χ1) is 11.6. The van der Waals surface area contributed by atoms with Crippen molar-refractivity contribution in [3.8, 4) is 0 Å². The molecule has 0 unspecified atom stereocenters. The van der Waals surface area contributed by atoms with Gasteiger partial charge in [-0.2, -0.15) is 0 Å². The largest absolute Gasteiger partial charge is 0.337 e. The van der Waals surface area contributed by atoms with Crippen LogP contribution in [0, 0.1) is 0 Å². The van der Waals surface area contributed by atoms with Gasteiger partial charge in [-0.15, -0.1) is 35.1 Å². The number of hydrogen-bond acceptors (Lipinski definition) is 6. The second-order valence-corrected chi connectivity index (χ2v) is 9.10. The Hall–Kier alpha value is -0.970. The molecule has 0 radical (unpaired) electrons. The topological polar surface area (TPSA) is 78.5 Å². The summed E-state index contributed by atoms with van der Waals surface area (Å²) < 4.78 is 27.7. The normalized spacial score (nSPS) is 15.4. The van der Waals surface area contributed by atoms with Crippen molar-refractivity contribution in [3.63, 3.8) is 0 Å². The van der Waals surface area contributed by atoms with Crippen LogP contribution in [-0.4, -0.2) is 45.4 Å². The van der Waals surface area contributed by atoms with Gasteiger partial charge in [0.15, 0.2) is 0 Å². The van der Waals surface area contributed by atoms with E-state index in [2.05, 4.69) is 10.0 Å². The fraction of sp³-hybridized carbons (Fsp3) is 0.400. The molecule has 138 valence electrons. The van der Waals surface area contributed by atoms with E-state index in [1.807, 2.05) is 17.5 Å². The Morgan fingerprint density at radius 2 is 2.04 bits per heavy atom. The second-order valence-electron chi connectivity index (χ2n) is 5.41. The highest BCUT2D eigenvalue weighted by molar-refractivity contribution is 7.89. The number of carbonyl (C=O) groups excluding carboxylic acids is 1. The molecule has 0 atom stereocenters. The molecule has 2 aromatic rings. The Kier molecular flexibility index (Phi) is 7.41. The van der Waals surface area contributed by atoms with Crippen LogP contribution in [0.4, 0.5) is 0 Å². The first-order valence-corrected chi connectivity index (χ1v) is 10.9. The van der Waals surface area contributed by atoms with Gasteiger partial charge in [-0.1, -0.05) is 6.07 Å². The van der Waals surface area contributed by atoms with Crippen molar-refractivity contribution in [2.45, 2.75) is 17.9 Å². The lowest BCUT2D eigenvalue weighted by Crippen LogP contribution is -2.35. The number of nitrogens with one attached hydrogen (secondary N) is 2. The van der Waals surface area contributed by atoms with Crippen molar-refractivity contribution in [1.29, 1.82) is 0 Å². The predicted octanol–water partition coefficient (Wildman–Crippen LogP) is 2.15. The summed E-state index contributed by atoms with van der Waals surface area (Å²) in [6.07, 6.45) is 0.871. The summed E-state index contributed by atoms with van der Waals surface area (Å²) in [5, 5.41) is 6.79. The quantitative estimate of drug-likeness (QED) is 0.775. The van der Waals surface area contributed by atoms with E-state index in [1.54, 1.807) is 10.3 Å². The Balaban J connectivity index is 0.00000225. The van der Waals surface area contributed by atoms with Crippen LogP contribution in [0.25, 0.3) is 0 Å². The molecule has 3 heterocycles. The third kappa shape index (κ3) is 5.02. The molecule has 2 N–H and O–H groups in total. The molecule has 1 amide bonds. The highest BCUT2D eigenvalue weighted by Crippen LogP contribution is 2.24. The van der Waals surface area contributed by atoms with Crippen molar-refractivity contribution in [2.24, 2.45) is 0 Å². The highest BCUT2D eigenvalue weighted by atomic mass is 35.5. The predicted molar refractivity (Wildman–Crippen MR) is 103 cm³/mol. The third-order valence-electron chi connectivity index (χ3n) is 3.76. The molecular formula is C15H20ClN3O3S3. The summed E-state index contributed by atoms with van der Waals surface area (Å²) in [5.41, 5.74) is 0. The van der Waals surface area contributed by atoms with Gasteiger partial charge in [0, 0.05) is 31.1 Å². The van der Waals surface area contributed by atoms with E-state index in [9.17, 15) is 13.2 Å². The van der Waals surface area contributed by atoms with Crippen LogP contribution >= 0.6 is 35.1 Å². The van der Waals surface area contributed by atoms with E-state index in [0.717, 1.165) is 24.4 Å². The van der Waals surface area contributed by atoms with E-state index >= 15 is 0 Å². The molecule has 1 aliphatic rings. The van der Waals surface area contributed by atoms with Crippen molar-refractivity contribution in [3.05, 3.63) is 38.7 Å². The molecule has 0 bridgehead atoms. The van der Waals surface area contributed by atoms with Gasteiger partial charge in [0.25, 0.3) is 5.91 Å². The third-order valence-corrected chi connectivity index (χ3v) is 7.11. The fourth-order valence-electron chi connectivity index (χ4n) is 2.51. The minimum atomic E-state index is -3.71. The van der Waals surface area contributed by atoms with Crippen LogP contribution in [0.3, 0.4) is 0 Å². The standard InChI is InChI=1S/C15H19N3O3S3.ClH/c19-15(18-7-2-5-16-6-8-18)14-13(4-10-23-14)24(20,21)17-11-12-3-1-9-22-12;/h1,3-4,9-10,16-17H,2,5-8,11H2;1H. The Morgan fingerprint density at radius 1 is 1.20 bits per heavy atom. The SMILES string of the molecule is Cl.O=C(c1sccc1S(=O)(=O)NCc1cccs1)N1CCCNCC1. The van der Waals surface area contributed by atoms with Gasteiger partial charge in [-0.3, -0.25) is 4.79 Å². The lowest BCUT2D eigenvalue weighted by atomic mass is 10.3. The minimum Gasteiger partial charge on any atom is -0.337 e. The fourth-order valence-corrected chi connectivity index (χ4v) is 5.64. The Labute approximate surface area is 161 Å². The maximum absolute atomic E-state index is 12.7. The summed E-state index contributed by atoms with van der Waals surface area (Å²) >= 11 is 2.67. The van der Waals surface area contributed by atoms with Gasteiger partial charge < -0.3 is 10.2 Å². The average Bonchev–Trinajstić information content (AvgIpc) is 3.19. The van der Waals surface area contributed by atoms with E-state index in [4.69, 9.17) is 0 Å². The number of halogens is 1. The first-order valence-electron chi connectivity index (χ1n) is 7.67. The van der Waals surface area contributed by atoms with E-state index in [0.29, 0.717) is 13.1 Å². The van der Waals surface area contributed by atoms with E-state index in [1.165, 1.54) is 28.7 Å². The van der Waals surface area contributed by atoms with Crippen molar-refractivity contribution in [1.82, 2.24) is 14.9 Å². The monoisotopic (exact) mass is 421 g/mol. The molecule has 0 aromatic carbocycles. The molecule has 1 saturated heterocycles. The summed E-state index contributed by atoms with van der Waals surface area (Å²) in [5.74, 6) is -0.204. The highest BCUT2D eigenvalue weighted by Gasteiger charge is 2.27. The smallest absolute Gasteiger partial charge is 0.265 e. The maximum atomic E-state index is 12.7. The molecule has 10 heteroatoms. The first kappa shape index (κ1) is 20.3. The number of nitrogens with zero attached hydrogens (tertiary/aromatic N) is 1. The van der Waals surface area contributed by atoms with Gasteiger partial charge >= 0.3 is 0 Å². The number of hydrogen-bond donors (Lipinski definition) is 2.